The van der Waals surface area contributed by atoms with Crippen LogP contribution in [0.2, 0.25) is 0 Å². The third-order valence-electron chi connectivity index (χ3n) is 4.35. The lowest BCUT2D eigenvalue weighted by atomic mass is 10.1. The Morgan fingerprint density at radius 2 is 1.92 bits per heavy atom. The van der Waals surface area contributed by atoms with Crippen LogP contribution in [0, 0.1) is 13.8 Å². The van der Waals surface area contributed by atoms with E-state index in [9.17, 15) is 18.0 Å². The predicted molar refractivity (Wildman–Crippen MR) is 94.2 cm³/mol. The van der Waals surface area contributed by atoms with E-state index in [4.69, 9.17) is 0 Å². The molecule has 0 saturated carbocycles. The van der Waals surface area contributed by atoms with Crippen LogP contribution in [0.5, 0.6) is 0 Å². The fourth-order valence-corrected chi connectivity index (χ4v) is 2.83. The molecule has 0 saturated heterocycles. The molecule has 1 aromatic carbocycles. The van der Waals surface area contributed by atoms with Gasteiger partial charge in [0.2, 0.25) is 0 Å². The van der Waals surface area contributed by atoms with Gasteiger partial charge >= 0.3 is 12.2 Å². The Kier molecular flexibility index (Phi) is 5.94. The smallest absolute Gasteiger partial charge is 0.327 e. The van der Waals surface area contributed by atoms with Gasteiger partial charge in [-0.3, -0.25) is 4.68 Å². The second-order valence-electron chi connectivity index (χ2n) is 6.11. The number of carbonyl (C=O) groups is 1. The Bertz CT molecular complexity index is 783. The second-order valence-corrected chi connectivity index (χ2v) is 6.11. The van der Waals surface area contributed by atoms with Gasteiger partial charge in [-0.1, -0.05) is 12.1 Å². The minimum Gasteiger partial charge on any atom is -0.327 e. The minimum atomic E-state index is -4.52. The predicted octanol–water partition coefficient (Wildman–Crippen LogP) is 4.25. The molecule has 8 heteroatoms. The van der Waals surface area contributed by atoms with E-state index in [0.717, 1.165) is 29.6 Å². The van der Waals surface area contributed by atoms with E-state index >= 15 is 0 Å². The number of halogens is 3. The Morgan fingerprint density at radius 3 is 2.50 bits per heavy atom. The zero-order valence-corrected chi connectivity index (χ0v) is 15.3. The van der Waals surface area contributed by atoms with Crippen molar-refractivity contribution in [3.8, 4) is 0 Å². The van der Waals surface area contributed by atoms with Crippen molar-refractivity contribution in [2.45, 2.75) is 39.9 Å². The Labute approximate surface area is 150 Å². The fraction of sp³-hybridized carbons (Fsp3) is 0.444. The van der Waals surface area contributed by atoms with Crippen LogP contribution in [0.3, 0.4) is 0 Å². The second kappa shape index (κ2) is 7.80. The molecule has 2 rings (SSSR count). The zero-order valence-electron chi connectivity index (χ0n) is 15.3. The van der Waals surface area contributed by atoms with Gasteiger partial charge in [0.1, 0.15) is 0 Å². The largest absolute Gasteiger partial charge is 0.418 e. The number of likely N-dealkylation sites (N-methyl/N-ethyl adjacent to an activating group) is 1. The molecule has 142 valence electrons. The monoisotopic (exact) mass is 368 g/mol. The van der Waals surface area contributed by atoms with Crippen LogP contribution >= 0.6 is 0 Å². The number of nitrogens with zero attached hydrogens (tertiary/aromatic N) is 3. The summed E-state index contributed by atoms with van der Waals surface area (Å²) in [6.45, 7) is 7.02. The van der Waals surface area contributed by atoms with Gasteiger partial charge in [0.25, 0.3) is 0 Å². The molecule has 0 aliphatic carbocycles. The first-order chi connectivity index (χ1) is 12.1. The van der Waals surface area contributed by atoms with E-state index < -0.39 is 17.8 Å². The minimum absolute atomic E-state index is 0.247. The van der Waals surface area contributed by atoms with Gasteiger partial charge < -0.3 is 10.2 Å². The summed E-state index contributed by atoms with van der Waals surface area (Å²) in [6.07, 6.45) is -3.94. The highest BCUT2D eigenvalue weighted by Crippen LogP contribution is 2.34. The number of para-hydroxylation sites is 1. The van der Waals surface area contributed by atoms with E-state index in [1.807, 2.05) is 25.5 Å². The first kappa shape index (κ1) is 19.8. The summed E-state index contributed by atoms with van der Waals surface area (Å²) in [4.78, 5) is 13.6. The number of aryl methyl sites for hydroxylation is 2. The van der Waals surface area contributed by atoms with Crippen molar-refractivity contribution < 1.29 is 18.0 Å². The maximum Gasteiger partial charge on any atom is 0.418 e. The Balaban J connectivity index is 2.04. The SMILES string of the molecule is CCn1nc(C)c(CCN(C)C(=O)Nc2ccccc2C(F)(F)F)c1C. The zero-order chi connectivity index (χ0) is 19.5. The lowest BCUT2D eigenvalue weighted by Gasteiger charge is -2.20. The van der Waals surface area contributed by atoms with Crippen molar-refractivity contribution in [1.82, 2.24) is 14.7 Å². The van der Waals surface area contributed by atoms with Crippen molar-refractivity contribution >= 4 is 11.7 Å². The van der Waals surface area contributed by atoms with Crippen molar-refractivity contribution in [3.05, 3.63) is 46.8 Å². The molecular formula is C18H23F3N4O. The number of rotatable bonds is 5. The third-order valence-corrected chi connectivity index (χ3v) is 4.35. The summed E-state index contributed by atoms with van der Waals surface area (Å²) in [5.74, 6) is 0. The maximum atomic E-state index is 13.0. The van der Waals surface area contributed by atoms with Crippen molar-refractivity contribution in [3.63, 3.8) is 0 Å². The van der Waals surface area contributed by atoms with E-state index in [1.54, 1.807) is 7.05 Å². The first-order valence-corrected chi connectivity index (χ1v) is 8.36. The van der Waals surface area contributed by atoms with Crippen LogP contribution in [0.1, 0.15) is 29.4 Å². The molecule has 1 aromatic heterocycles. The molecule has 0 aliphatic rings. The normalized spacial score (nSPS) is 11.5. The van der Waals surface area contributed by atoms with Crippen LogP contribution in [0.15, 0.2) is 24.3 Å². The van der Waals surface area contributed by atoms with Crippen LogP contribution in [-0.4, -0.2) is 34.3 Å². The highest BCUT2D eigenvalue weighted by atomic mass is 19.4. The fourth-order valence-electron chi connectivity index (χ4n) is 2.83. The molecule has 0 aliphatic heterocycles. The number of nitrogens with one attached hydrogen (secondary N) is 1. The molecule has 5 nitrogen and oxygen atoms in total. The average molecular weight is 368 g/mol. The quantitative estimate of drug-likeness (QED) is 0.858. The molecule has 1 N–H and O–H groups in total. The number of benzene rings is 1. The summed E-state index contributed by atoms with van der Waals surface area (Å²) in [5, 5.41) is 6.78. The highest BCUT2D eigenvalue weighted by Gasteiger charge is 2.33. The molecular weight excluding hydrogens is 345 g/mol. The molecule has 2 aromatic rings. The molecule has 0 fully saturated rings. The number of carbonyl (C=O) groups excluding carboxylic acids is 1. The number of aromatic nitrogens is 2. The summed E-state index contributed by atoms with van der Waals surface area (Å²) in [6, 6.07) is 4.35. The molecule has 0 unspecified atom stereocenters. The molecule has 2 amide bonds. The number of urea groups is 1. The van der Waals surface area contributed by atoms with Gasteiger partial charge in [-0.05, 0) is 44.9 Å². The van der Waals surface area contributed by atoms with Crippen molar-refractivity contribution in [2.75, 3.05) is 18.9 Å². The number of alkyl halides is 3. The van der Waals surface area contributed by atoms with Crippen LogP contribution in [-0.2, 0) is 19.1 Å². The van der Waals surface area contributed by atoms with E-state index in [0.29, 0.717) is 13.0 Å². The molecule has 0 bridgehead atoms. The van der Waals surface area contributed by atoms with Gasteiger partial charge in [-0.15, -0.1) is 0 Å². The van der Waals surface area contributed by atoms with Crippen LogP contribution in [0.4, 0.5) is 23.7 Å². The number of hydrogen-bond donors (Lipinski definition) is 1. The van der Waals surface area contributed by atoms with Crippen molar-refractivity contribution in [2.24, 2.45) is 0 Å². The summed E-state index contributed by atoms with van der Waals surface area (Å²) in [5.41, 5.74) is 1.89. The molecule has 0 radical (unpaired) electrons. The summed E-state index contributed by atoms with van der Waals surface area (Å²) >= 11 is 0. The number of hydrogen-bond acceptors (Lipinski definition) is 2. The Morgan fingerprint density at radius 1 is 1.27 bits per heavy atom. The van der Waals surface area contributed by atoms with Gasteiger partial charge in [0, 0.05) is 25.8 Å². The molecule has 26 heavy (non-hydrogen) atoms. The molecule has 0 spiro atoms. The maximum absolute atomic E-state index is 13.0. The lowest BCUT2D eigenvalue weighted by molar-refractivity contribution is -0.136. The van der Waals surface area contributed by atoms with E-state index in [2.05, 4.69) is 10.4 Å². The van der Waals surface area contributed by atoms with E-state index in [1.165, 1.54) is 23.1 Å². The van der Waals surface area contributed by atoms with Gasteiger partial charge in [0.05, 0.1) is 16.9 Å². The number of anilines is 1. The average Bonchev–Trinajstić information content (AvgIpc) is 2.85. The van der Waals surface area contributed by atoms with E-state index in [-0.39, 0.29) is 5.69 Å². The van der Waals surface area contributed by atoms with Crippen LogP contribution in [0.25, 0.3) is 0 Å². The molecule has 0 atom stereocenters. The van der Waals surface area contributed by atoms with Gasteiger partial charge in [-0.25, -0.2) is 4.79 Å². The topological polar surface area (TPSA) is 50.2 Å². The van der Waals surface area contributed by atoms with Gasteiger partial charge in [-0.2, -0.15) is 18.3 Å². The molecule has 1 heterocycles. The number of amides is 2. The first-order valence-electron chi connectivity index (χ1n) is 8.36. The Hall–Kier alpha value is -2.51. The summed E-state index contributed by atoms with van der Waals surface area (Å²) in [7, 11) is 1.56. The standard InChI is InChI=1S/C18H23F3N4O/c1-5-25-13(3)14(12(2)23-25)10-11-24(4)17(26)22-16-9-7-6-8-15(16)18(19,20)21/h6-9H,5,10-11H2,1-4H3,(H,22,26). The van der Waals surface area contributed by atoms with Crippen LogP contribution < -0.4 is 5.32 Å². The summed E-state index contributed by atoms with van der Waals surface area (Å²) < 4.78 is 41.0. The van der Waals surface area contributed by atoms with Crippen molar-refractivity contribution in [1.29, 1.82) is 0 Å². The third kappa shape index (κ3) is 4.36. The van der Waals surface area contributed by atoms with Gasteiger partial charge in [0.15, 0.2) is 0 Å². The highest BCUT2D eigenvalue weighted by molar-refractivity contribution is 5.90. The lowest BCUT2D eigenvalue weighted by Crippen LogP contribution is -2.33.